The predicted octanol–water partition coefficient (Wildman–Crippen LogP) is 1.85. The van der Waals surface area contributed by atoms with Gasteiger partial charge in [0.25, 0.3) is 0 Å². The average molecular weight is 285 g/mol. The van der Waals surface area contributed by atoms with E-state index in [-0.39, 0.29) is 0 Å². The molecule has 1 aliphatic rings. The molecule has 1 aliphatic heterocycles. The quantitative estimate of drug-likeness (QED) is 0.833. The van der Waals surface area contributed by atoms with Crippen molar-refractivity contribution in [3.05, 3.63) is 28.2 Å². The third-order valence-electron chi connectivity index (χ3n) is 3.16. The number of nitrogens with zero attached hydrogens (tertiary/aromatic N) is 1. The van der Waals surface area contributed by atoms with E-state index in [4.69, 9.17) is 10.8 Å². The maximum absolute atomic E-state index is 9.10. The Bertz CT molecular complexity index is 350. The number of nitrogen functional groups attached to an aromatic ring is 1. The molecule has 2 rings (SSSR count). The van der Waals surface area contributed by atoms with Crippen LogP contribution >= 0.6 is 15.9 Å². The molecule has 0 spiro atoms. The second kappa shape index (κ2) is 5.17. The summed E-state index contributed by atoms with van der Waals surface area (Å²) in [5, 5.41) is 9.10. The first-order chi connectivity index (χ1) is 7.70. The first-order valence-corrected chi connectivity index (χ1v) is 6.36. The van der Waals surface area contributed by atoms with Crippen molar-refractivity contribution >= 4 is 21.6 Å². The molecule has 0 bridgehead atoms. The van der Waals surface area contributed by atoms with Crippen molar-refractivity contribution in [2.45, 2.75) is 13.0 Å². The fourth-order valence-electron chi connectivity index (χ4n) is 2.17. The normalized spacial score (nSPS) is 21.5. The first kappa shape index (κ1) is 11.9. The second-order valence-electron chi connectivity index (χ2n) is 4.38. The summed E-state index contributed by atoms with van der Waals surface area (Å²) >= 11 is 3.53. The number of hydrogen-bond donors (Lipinski definition) is 2. The molecule has 0 radical (unpaired) electrons. The van der Waals surface area contributed by atoms with Crippen LogP contribution < -0.4 is 5.73 Å². The highest BCUT2D eigenvalue weighted by atomic mass is 79.9. The van der Waals surface area contributed by atoms with E-state index in [1.165, 1.54) is 0 Å². The maximum Gasteiger partial charge on any atom is 0.0471 e. The Hall–Kier alpha value is -0.580. The van der Waals surface area contributed by atoms with Gasteiger partial charge in [-0.05, 0) is 31.0 Å². The Labute approximate surface area is 104 Å². The molecule has 3 nitrogen and oxygen atoms in total. The molecule has 1 atom stereocenters. The molecule has 1 fully saturated rings. The third kappa shape index (κ3) is 2.56. The Balaban J connectivity index is 2.04. The number of aliphatic hydroxyl groups is 1. The molecule has 0 saturated carbocycles. The van der Waals surface area contributed by atoms with E-state index in [1.54, 1.807) is 0 Å². The monoisotopic (exact) mass is 284 g/mol. The van der Waals surface area contributed by atoms with E-state index in [2.05, 4.69) is 20.8 Å². The van der Waals surface area contributed by atoms with Gasteiger partial charge in [0, 0.05) is 35.4 Å². The lowest BCUT2D eigenvalue weighted by Gasteiger charge is -2.18. The lowest BCUT2D eigenvalue weighted by Crippen LogP contribution is -2.21. The fraction of sp³-hybridized carbons (Fsp3) is 0.500. The highest BCUT2D eigenvalue weighted by molar-refractivity contribution is 9.10. The van der Waals surface area contributed by atoms with Crippen molar-refractivity contribution in [1.29, 1.82) is 0 Å². The number of hydrogen-bond acceptors (Lipinski definition) is 3. The lowest BCUT2D eigenvalue weighted by atomic mass is 10.1. The predicted molar refractivity (Wildman–Crippen MR) is 69.0 cm³/mol. The van der Waals surface area contributed by atoms with Crippen LogP contribution in [-0.4, -0.2) is 29.7 Å². The molecule has 4 heteroatoms. The smallest absolute Gasteiger partial charge is 0.0471 e. The minimum Gasteiger partial charge on any atom is -0.398 e. The van der Waals surface area contributed by atoms with E-state index in [9.17, 15) is 0 Å². The van der Waals surface area contributed by atoms with E-state index in [0.717, 1.165) is 41.8 Å². The van der Waals surface area contributed by atoms with Crippen LogP contribution in [0.2, 0.25) is 0 Å². The number of benzene rings is 1. The van der Waals surface area contributed by atoms with E-state index < -0.39 is 0 Å². The van der Waals surface area contributed by atoms with Gasteiger partial charge in [0.15, 0.2) is 0 Å². The van der Waals surface area contributed by atoms with Crippen molar-refractivity contribution in [2.24, 2.45) is 5.92 Å². The third-order valence-corrected chi connectivity index (χ3v) is 3.91. The van der Waals surface area contributed by atoms with Crippen LogP contribution in [0.25, 0.3) is 0 Å². The first-order valence-electron chi connectivity index (χ1n) is 5.56. The van der Waals surface area contributed by atoms with E-state index >= 15 is 0 Å². The average Bonchev–Trinajstić information content (AvgIpc) is 2.71. The summed E-state index contributed by atoms with van der Waals surface area (Å²) in [6.45, 7) is 3.18. The topological polar surface area (TPSA) is 49.5 Å². The van der Waals surface area contributed by atoms with Gasteiger partial charge in [-0.2, -0.15) is 0 Å². The van der Waals surface area contributed by atoms with Crippen molar-refractivity contribution in [2.75, 3.05) is 25.4 Å². The van der Waals surface area contributed by atoms with E-state index in [0.29, 0.717) is 12.5 Å². The number of anilines is 1. The van der Waals surface area contributed by atoms with E-state index in [1.807, 2.05) is 18.2 Å². The van der Waals surface area contributed by atoms with Crippen molar-refractivity contribution in [3.63, 3.8) is 0 Å². The molecule has 1 unspecified atom stereocenters. The summed E-state index contributed by atoms with van der Waals surface area (Å²) in [6, 6.07) is 5.90. The van der Waals surface area contributed by atoms with Crippen LogP contribution in [0.5, 0.6) is 0 Å². The fourth-order valence-corrected chi connectivity index (χ4v) is 2.68. The molecule has 1 saturated heterocycles. The van der Waals surface area contributed by atoms with Crippen LogP contribution in [0.3, 0.4) is 0 Å². The second-order valence-corrected chi connectivity index (χ2v) is 5.23. The summed E-state index contributed by atoms with van der Waals surface area (Å²) in [5.74, 6) is 0.434. The molecule has 0 aliphatic carbocycles. The summed E-state index contributed by atoms with van der Waals surface area (Å²) < 4.78 is 1.07. The SMILES string of the molecule is Nc1cccc(Br)c1CN1CCC(CO)C1. The molecule has 1 aromatic rings. The molecule has 16 heavy (non-hydrogen) atoms. The van der Waals surface area contributed by atoms with Gasteiger partial charge in [0.2, 0.25) is 0 Å². The van der Waals surface area contributed by atoms with Gasteiger partial charge < -0.3 is 10.8 Å². The number of aliphatic hydroxyl groups excluding tert-OH is 1. The van der Waals surface area contributed by atoms with Gasteiger partial charge in [-0.3, -0.25) is 4.90 Å². The molecular weight excluding hydrogens is 268 g/mol. The zero-order chi connectivity index (χ0) is 11.5. The largest absolute Gasteiger partial charge is 0.398 e. The number of likely N-dealkylation sites (tertiary alicyclic amines) is 1. The highest BCUT2D eigenvalue weighted by Crippen LogP contribution is 2.26. The molecule has 3 N–H and O–H groups in total. The van der Waals surface area contributed by atoms with Crippen molar-refractivity contribution < 1.29 is 5.11 Å². The van der Waals surface area contributed by atoms with Crippen LogP contribution in [0, 0.1) is 5.92 Å². The maximum atomic E-state index is 9.10. The Kier molecular flexibility index (Phi) is 3.84. The lowest BCUT2D eigenvalue weighted by molar-refractivity contribution is 0.220. The van der Waals surface area contributed by atoms with Gasteiger partial charge >= 0.3 is 0 Å². The molecular formula is C12H17BrN2O. The van der Waals surface area contributed by atoms with Gasteiger partial charge in [0.1, 0.15) is 0 Å². The Morgan fingerprint density at radius 2 is 2.31 bits per heavy atom. The van der Waals surface area contributed by atoms with Crippen molar-refractivity contribution in [3.8, 4) is 0 Å². The summed E-state index contributed by atoms with van der Waals surface area (Å²) in [6.07, 6.45) is 1.08. The number of nitrogens with two attached hydrogens (primary N) is 1. The van der Waals surface area contributed by atoms with Gasteiger partial charge in [-0.1, -0.05) is 22.0 Å². The summed E-state index contributed by atoms with van der Waals surface area (Å²) in [7, 11) is 0. The van der Waals surface area contributed by atoms with Crippen LogP contribution in [0.15, 0.2) is 22.7 Å². The molecule has 1 heterocycles. The van der Waals surface area contributed by atoms with Gasteiger partial charge in [-0.25, -0.2) is 0 Å². The van der Waals surface area contributed by atoms with Crippen molar-refractivity contribution in [1.82, 2.24) is 4.90 Å². The standard InChI is InChI=1S/C12H17BrN2O/c13-11-2-1-3-12(14)10(11)7-15-5-4-9(6-15)8-16/h1-3,9,16H,4-8,14H2. The Morgan fingerprint density at radius 1 is 1.50 bits per heavy atom. The van der Waals surface area contributed by atoms with Gasteiger partial charge in [-0.15, -0.1) is 0 Å². The zero-order valence-electron chi connectivity index (χ0n) is 9.19. The minimum absolute atomic E-state index is 0.294. The number of halogens is 1. The molecule has 0 aromatic heterocycles. The van der Waals surface area contributed by atoms with Crippen LogP contribution in [-0.2, 0) is 6.54 Å². The Morgan fingerprint density at radius 3 is 2.94 bits per heavy atom. The minimum atomic E-state index is 0.294. The molecule has 1 aromatic carbocycles. The highest BCUT2D eigenvalue weighted by Gasteiger charge is 2.22. The summed E-state index contributed by atoms with van der Waals surface area (Å²) in [5.41, 5.74) is 7.95. The summed E-state index contributed by atoms with van der Waals surface area (Å²) in [4.78, 5) is 2.34. The van der Waals surface area contributed by atoms with Gasteiger partial charge in [0.05, 0.1) is 0 Å². The molecule has 0 amide bonds. The molecule has 88 valence electrons. The van der Waals surface area contributed by atoms with Crippen LogP contribution in [0.4, 0.5) is 5.69 Å². The number of rotatable bonds is 3. The van der Waals surface area contributed by atoms with Crippen LogP contribution in [0.1, 0.15) is 12.0 Å². The zero-order valence-corrected chi connectivity index (χ0v) is 10.8.